The summed E-state index contributed by atoms with van der Waals surface area (Å²) in [6.45, 7) is 2.53. The number of carbonyl (C=O) groups excluding carboxylic acids is 1. The van der Waals surface area contributed by atoms with Gasteiger partial charge < -0.3 is 10.0 Å². The van der Waals surface area contributed by atoms with Crippen molar-refractivity contribution in [2.75, 3.05) is 13.1 Å². The van der Waals surface area contributed by atoms with Gasteiger partial charge in [-0.15, -0.1) is 0 Å². The largest absolute Gasteiger partial charge is 0.481 e. The van der Waals surface area contributed by atoms with Crippen LogP contribution in [0.15, 0.2) is 18.2 Å². The van der Waals surface area contributed by atoms with Gasteiger partial charge in [0.2, 0.25) is 0 Å². The third-order valence-electron chi connectivity index (χ3n) is 3.06. The molecule has 0 unspecified atom stereocenters. The highest BCUT2D eigenvalue weighted by Gasteiger charge is 2.33. The third kappa shape index (κ3) is 2.50. The van der Waals surface area contributed by atoms with Crippen molar-refractivity contribution in [3.8, 4) is 0 Å². The highest BCUT2D eigenvalue weighted by molar-refractivity contribution is 5.95. The molecule has 1 N–H and O–H groups in total. The average molecular weight is 251 g/mol. The summed E-state index contributed by atoms with van der Waals surface area (Å²) in [7, 11) is 0. The lowest BCUT2D eigenvalue weighted by molar-refractivity contribution is -0.139. The molecule has 0 atom stereocenters. The molecule has 96 valence electrons. The number of likely N-dealkylation sites (tertiary alicyclic amines) is 1. The quantitative estimate of drug-likeness (QED) is 0.889. The summed E-state index contributed by atoms with van der Waals surface area (Å²) in [4.78, 5) is 23.9. The number of benzene rings is 1. The molecule has 0 spiro atoms. The van der Waals surface area contributed by atoms with Crippen molar-refractivity contribution in [3.05, 3.63) is 35.1 Å². The van der Waals surface area contributed by atoms with Gasteiger partial charge in [0.05, 0.1) is 12.0 Å². The van der Waals surface area contributed by atoms with E-state index in [1.165, 1.54) is 17.0 Å². The molecule has 5 heteroatoms. The van der Waals surface area contributed by atoms with Crippen LogP contribution in [0.5, 0.6) is 0 Å². The van der Waals surface area contributed by atoms with Crippen LogP contribution in [-0.4, -0.2) is 35.0 Å². The standard InChI is InChI=1S/C13H14FNO3/c1-8-2-3-10(11(14)4-8)13(18)15-6-9(7-15)5-12(16)17/h2-4,9H,5-7H2,1H3,(H,16,17). The SMILES string of the molecule is Cc1ccc(C(=O)N2CC(CC(=O)O)C2)c(F)c1. The second-order valence-corrected chi connectivity index (χ2v) is 4.66. The number of carboxylic acid groups (broad SMARTS) is 1. The van der Waals surface area contributed by atoms with Crippen LogP contribution in [0.1, 0.15) is 22.3 Å². The highest BCUT2D eigenvalue weighted by Crippen LogP contribution is 2.22. The minimum absolute atomic E-state index is 0.0139. The fourth-order valence-electron chi connectivity index (χ4n) is 2.08. The van der Waals surface area contributed by atoms with E-state index in [0.717, 1.165) is 5.56 Å². The first kappa shape index (κ1) is 12.5. The van der Waals surface area contributed by atoms with Crippen LogP contribution in [-0.2, 0) is 4.79 Å². The Bertz CT molecular complexity index is 495. The van der Waals surface area contributed by atoms with Gasteiger partial charge in [-0.2, -0.15) is 0 Å². The van der Waals surface area contributed by atoms with Crippen molar-refractivity contribution < 1.29 is 19.1 Å². The maximum absolute atomic E-state index is 13.6. The van der Waals surface area contributed by atoms with E-state index >= 15 is 0 Å². The van der Waals surface area contributed by atoms with Crippen molar-refractivity contribution in [1.82, 2.24) is 4.90 Å². The number of rotatable bonds is 3. The summed E-state index contributed by atoms with van der Waals surface area (Å²) in [6, 6.07) is 4.48. The second kappa shape index (κ2) is 4.76. The van der Waals surface area contributed by atoms with Gasteiger partial charge in [0.15, 0.2) is 0 Å². The van der Waals surface area contributed by atoms with Crippen LogP contribution >= 0.6 is 0 Å². The molecule has 0 bridgehead atoms. The molecule has 1 fully saturated rings. The zero-order chi connectivity index (χ0) is 13.3. The fourth-order valence-corrected chi connectivity index (χ4v) is 2.08. The molecule has 0 aromatic heterocycles. The van der Waals surface area contributed by atoms with Crippen LogP contribution in [0.3, 0.4) is 0 Å². The molecule has 1 aliphatic heterocycles. The van der Waals surface area contributed by atoms with Gasteiger partial charge in [-0.3, -0.25) is 9.59 Å². The Balaban J connectivity index is 1.99. The Morgan fingerprint density at radius 2 is 2.11 bits per heavy atom. The Morgan fingerprint density at radius 3 is 2.67 bits per heavy atom. The Labute approximate surface area is 104 Å². The molecule has 1 aromatic rings. The normalized spacial score (nSPS) is 15.3. The molecule has 18 heavy (non-hydrogen) atoms. The lowest BCUT2D eigenvalue weighted by Crippen LogP contribution is -2.50. The molecule has 0 radical (unpaired) electrons. The van der Waals surface area contributed by atoms with Crippen LogP contribution < -0.4 is 0 Å². The molecule has 1 saturated heterocycles. The van der Waals surface area contributed by atoms with E-state index in [4.69, 9.17) is 5.11 Å². The number of amides is 1. The number of aryl methyl sites for hydroxylation is 1. The van der Waals surface area contributed by atoms with Crippen LogP contribution in [0.2, 0.25) is 0 Å². The molecule has 0 saturated carbocycles. The van der Waals surface area contributed by atoms with Crippen molar-refractivity contribution >= 4 is 11.9 Å². The van der Waals surface area contributed by atoms with Crippen molar-refractivity contribution in [3.63, 3.8) is 0 Å². The van der Waals surface area contributed by atoms with Crippen molar-refractivity contribution in [2.45, 2.75) is 13.3 Å². The number of halogens is 1. The number of hydrogen-bond donors (Lipinski definition) is 1. The molecule has 4 nitrogen and oxygen atoms in total. The summed E-state index contributed by atoms with van der Waals surface area (Å²) < 4.78 is 13.6. The topological polar surface area (TPSA) is 57.6 Å². The zero-order valence-corrected chi connectivity index (χ0v) is 10.0. The number of aliphatic carboxylic acids is 1. The van der Waals surface area contributed by atoms with E-state index in [1.807, 2.05) is 0 Å². The lowest BCUT2D eigenvalue weighted by Gasteiger charge is -2.38. The van der Waals surface area contributed by atoms with Gasteiger partial charge >= 0.3 is 5.97 Å². The molecule has 1 aromatic carbocycles. The molecular weight excluding hydrogens is 237 g/mol. The van der Waals surface area contributed by atoms with E-state index in [9.17, 15) is 14.0 Å². The highest BCUT2D eigenvalue weighted by atomic mass is 19.1. The first-order valence-corrected chi connectivity index (χ1v) is 5.74. The lowest BCUT2D eigenvalue weighted by atomic mass is 9.95. The fraction of sp³-hybridized carbons (Fsp3) is 0.385. The monoisotopic (exact) mass is 251 g/mol. The Morgan fingerprint density at radius 1 is 1.44 bits per heavy atom. The van der Waals surface area contributed by atoms with Crippen LogP contribution in [0.25, 0.3) is 0 Å². The summed E-state index contributed by atoms with van der Waals surface area (Å²) in [5.74, 6) is -1.77. The number of nitrogens with zero attached hydrogens (tertiary/aromatic N) is 1. The molecule has 2 rings (SSSR count). The van der Waals surface area contributed by atoms with Gasteiger partial charge in [0.1, 0.15) is 5.82 Å². The van der Waals surface area contributed by atoms with Crippen LogP contribution in [0, 0.1) is 18.7 Å². The smallest absolute Gasteiger partial charge is 0.303 e. The summed E-state index contributed by atoms with van der Waals surface area (Å²) in [5.41, 5.74) is 0.811. The summed E-state index contributed by atoms with van der Waals surface area (Å²) in [5, 5.41) is 8.60. The van der Waals surface area contributed by atoms with E-state index in [-0.39, 0.29) is 23.8 Å². The second-order valence-electron chi connectivity index (χ2n) is 4.66. The molecule has 1 amide bonds. The van der Waals surface area contributed by atoms with Gasteiger partial charge in [-0.05, 0) is 24.6 Å². The first-order valence-electron chi connectivity index (χ1n) is 5.74. The van der Waals surface area contributed by atoms with Gasteiger partial charge in [-0.1, -0.05) is 6.07 Å². The first-order chi connectivity index (χ1) is 8.47. The van der Waals surface area contributed by atoms with E-state index < -0.39 is 11.8 Å². The zero-order valence-electron chi connectivity index (χ0n) is 10.0. The van der Waals surface area contributed by atoms with Crippen LogP contribution in [0.4, 0.5) is 4.39 Å². The number of hydrogen-bond acceptors (Lipinski definition) is 2. The van der Waals surface area contributed by atoms with E-state index in [0.29, 0.717) is 13.1 Å². The van der Waals surface area contributed by atoms with Gasteiger partial charge in [0.25, 0.3) is 5.91 Å². The molecule has 1 aliphatic rings. The molecule has 0 aliphatic carbocycles. The van der Waals surface area contributed by atoms with E-state index in [1.54, 1.807) is 13.0 Å². The average Bonchev–Trinajstić information content (AvgIpc) is 2.21. The molecule has 1 heterocycles. The molecular formula is C13H14FNO3. The Kier molecular flexibility index (Phi) is 3.32. The van der Waals surface area contributed by atoms with Crippen molar-refractivity contribution in [1.29, 1.82) is 0 Å². The summed E-state index contributed by atoms with van der Waals surface area (Å²) >= 11 is 0. The predicted octanol–water partition coefficient (Wildman–Crippen LogP) is 1.68. The maximum Gasteiger partial charge on any atom is 0.303 e. The maximum atomic E-state index is 13.6. The minimum Gasteiger partial charge on any atom is -0.481 e. The third-order valence-corrected chi connectivity index (χ3v) is 3.06. The van der Waals surface area contributed by atoms with E-state index in [2.05, 4.69) is 0 Å². The minimum atomic E-state index is -0.867. The van der Waals surface area contributed by atoms with Crippen molar-refractivity contribution in [2.24, 2.45) is 5.92 Å². The summed E-state index contributed by atoms with van der Waals surface area (Å²) in [6.07, 6.45) is 0.0557. The number of carboxylic acids is 1. The Hall–Kier alpha value is -1.91. The van der Waals surface area contributed by atoms with Gasteiger partial charge in [0, 0.05) is 19.0 Å². The van der Waals surface area contributed by atoms with Gasteiger partial charge in [-0.25, -0.2) is 4.39 Å². The number of carbonyl (C=O) groups is 2. The predicted molar refractivity (Wildman–Crippen MR) is 62.8 cm³/mol.